The van der Waals surface area contributed by atoms with Crippen molar-refractivity contribution in [1.29, 1.82) is 0 Å². The van der Waals surface area contributed by atoms with Gasteiger partial charge in [0.1, 0.15) is 0 Å². The summed E-state index contributed by atoms with van der Waals surface area (Å²) in [5.41, 5.74) is 6.07. The van der Waals surface area contributed by atoms with E-state index in [4.69, 9.17) is 5.73 Å². The quantitative estimate of drug-likeness (QED) is 0.640. The average molecular weight is 168 g/mol. The number of likely N-dealkylation sites (tertiary alicyclic amines) is 1. The fourth-order valence-electron chi connectivity index (χ4n) is 2.67. The molecule has 70 valence electrons. The molecule has 2 nitrogen and oxygen atoms in total. The van der Waals surface area contributed by atoms with Crippen molar-refractivity contribution in [2.45, 2.75) is 50.6 Å². The molecule has 0 aromatic carbocycles. The molecule has 0 amide bonds. The van der Waals surface area contributed by atoms with Gasteiger partial charge < -0.3 is 5.73 Å². The van der Waals surface area contributed by atoms with Crippen LogP contribution in [0.3, 0.4) is 0 Å². The minimum absolute atomic E-state index is 0.475. The highest BCUT2D eigenvalue weighted by Crippen LogP contribution is 2.25. The summed E-state index contributed by atoms with van der Waals surface area (Å²) in [7, 11) is 0. The first-order chi connectivity index (χ1) is 5.88. The van der Waals surface area contributed by atoms with Crippen LogP contribution in [0.15, 0.2) is 0 Å². The lowest BCUT2D eigenvalue weighted by atomic mass is 10.1. The zero-order valence-corrected chi connectivity index (χ0v) is 7.84. The Morgan fingerprint density at radius 3 is 2.25 bits per heavy atom. The number of rotatable bonds is 1. The van der Waals surface area contributed by atoms with Crippen LogP contribution in [0.2, 0.25) is 0 Å². The van der Waals surface area contributed by atoms with Gasteiger partial charge in [0.15, 0.2) is 0 Å². The largest absolute Gasteiger partial charge is 0.326 e. The highest BCUT2D eigenvalue weighted by molar-refractivity contribution is 4.88. The molecule has 0 bridgehead atoms. The average Bonchev–Trinajstić information content (AvgIpc) is 2.53. The Balaban J connectivity index is 1.89. The van der Waals surface area contributed by atoms with Gasteiger partial charge in [0, 0.05) is 12.1 Å². The molecule has 2 N–H and O–H groups in total. The van der Waals surface area contributed by atoms with Crippen LogP contribution in [0.25, 0.3) is 0 Å². The van der Waals surface area contributed by atoms with E-state index < -0.39 is 0 Å². The molecule has 1 heterocycles. The van der Waals surface area contributed by atoms with Crippen LogP contribution in [-0.2, 0) is 0 Å². The van der Waals surface area contributed by atoms with Crippen molar-refractivity contribution in [2.75, 3.05) is 13.1 Å². The monoisotopic (exact) mass is 168 g/mol. The molecule has 2 heteroatoms. The minimum Gasteiger partial charge on any atom is -0.326 e. The molecule has 0 radical (unpaired) electrons. The number of nitrogens with two attached hydrogens (primary N) is 1. The summed E-state index contributed by atoms with van der Waals surface area (Å²) in [4.78, 5) is 2.63. The predicted octanol–water partition coefficient (Wildman–Crippen LogP) is 1.35. The first kappa shape index (κ1) is 8.52. The second-order valence-corrected chi connectivity index (χ2v) is 4.26. The maximum Gasteiger partial charge on any atom is 0.0247 e. The van der Waals surface area contributed by atoms with E-state index >= 15 is 0 Å². The summed E-state index contributed by atoms with van der Waals surface area (Å²) < 4.78 is 0. The summed E-state index contributed by atoms with van der Waals surface area (Å²) in [6.45, 7) is 2.61. The highest BCUT2D eigenvalue weighted by atomic mass is 15.2. The molecule has 2 fully saturated rings. The molecule has 0 aromatic rings. The topological polar surface area (TPSA) is 29.3 Å². The molecule has 1 saturated heterocycles. The van der Waals surface area contributed by atoms with Crippen molar-refractivity contribution < 1.29 is 0 Å². The predicted molar refractivity (Wildman–Crippen MR) is 51.0 cm³/mol. The van der Waals surface area contributed by atoms with Crippen LogP contribution in [0.1, 0.15) is 38.5 Å². The van der Waals surface area contributed by atoms with Gasteiger partial charge in [0.05, 0.1) is 0 Å². The summed E-state index contributed by atoms with van der Waals surface area (Å²) >= 11 is 0. The SMILES string of the molecule is N[C@H]1CCC[C@H]1N1CCCCC1. The van der Waals surface area contributed by atoms with Crippen molar-refractivity contribution in [1.82, 2.24) is 4.90 Å². The van der Waals surface area contributed by atoms with E-state index in [1.165, 1.54) is 51.6 Å². The summed E-state index contributed by atoms with van der Waals surface area (Å²) in [5.74, 6) is 0. The molecule has 1 aliphatic heterocycles. The van der Waals surface area contributed by atoms with Gasteiger partial charge in [-0.3, -0.25) is 4.90 Å². The molecule has 1 aliphatic carbocycles. The van der Waals surface area contributed by atoms with E-state index in [0.717, 1.165) is 6.04 Å². The zero-order chi connectivity index (χ0) is 8.39. The van der Waals surface area contributed by atoms with Crippen LogP contribution in [0.5, 0.6) is 0 Å². The van der Waals surface area contributed by atoms with Crippen molar-refractivity contribution in [3.05, 3.63) is 0 Å². The summed E-state index contributed by atoms with van der Waals surface area (Å²) in [5, 5.41) is 0. The van der Waals surface area contributed by atoms with Crippen LogP contribution < -0.4 is 5.73 Å². The highest BCUT2D eigenvalue weighted by Gasteiger charge is 2.29. The van der Waals surface area contributed by atoms with E-state index in [1.54, 1.807) is 0 Å². The van der Waals surface area contributed by atoms with Crippen LogP contribution in [0.4, 0.5) is 0 Å². The maximum absolute atomic E-state index is 6.07. The molecule has 2 atom stereocenters. The van der Waals surface area contributed by atoms with E-state index in [1.807, 2.05) is 0 Å². The van der Waals surface area contributed by atoms with E-state index in [2.05, 4.69) is 4.90 Å². The second-order valence-electron chi connectivity index (χ2n) is 4.26. The van der Waals surface area contributed by atoms with Crippen molar-refractivity contribution in [3.63, 3.8) is 0 Å². The van der Waals surface area contributed by atoms with Gasteiger partial charge in [-0.1, -0.05) is 12.8 Å². The summed E-state index contributed by atoms with van der Waals surface area (Å²) in [6, 6.07) is 1.20. The van der Waals surface area contributed by atoms with Gasteiger partial charge in [-0.25, -0.2) is 0 Å². The zero-order valence-electron chi connectivity index (χ0n) is 7.84. The van der Waals surface area contributed by atoms with Crippen LogP contribution in [-0.4, -0.2) is 30.1 Å². The van der Waals surface area contributed by atoms with Gasteiger partial charge in [0.25, 0.3) is 0 Å². The smallest absolute Gasteiger partial charge is 0.0247 e. The van der Waals surface area contributed by atoms with Gasteiger partial charge in [-0.2, -0.15) is 0 Å². The fraction of sp³-hybridized carbons (Fsp3) is 1.00. The normalized spacial score (nSPS) is 38.8. The Morgan fingerprint density at radius 1 is 0.917 bits per heavy atom. The van der Waals surface area contributed by atoms with E-state index in [-0.39, 0.29) is 0 Å². The molecular weight excluding hydrogens is 148 g/mol. The molecule has 2 rings (SSSR count). The Hall–Kier alpha value is -0.0800. The van der Waals surface area contributed by atoms with Crippen molar-refractivity contribution in [3.8, 4) is 0 Å². The van der Waals surface area contributed by atoms with Gasteiger partial charge >= 0.3 is 0 Å². The van der Waals surface area contributed by atoms with Gasteiger partial charge in [-0.05, 0) is 38.8 Å². The van der Waals surface area contributed by atoms with Crippen molar-refractivity contribution >= 4 is 0 Å². The number of piperidine rings is 1. The van der Waals surface area contributed by atoms with Gasteiger partial charge in [0.2, 0.25) is 0 Å². The molecule has 1 saturated carbocycles. The molecule has 0 spiro atoms. The number of hydrogen-bond acceptors (Lipinski definition) is 2. The molecule has 2 aliphatic rings. The van der Waals surface area contributed by atoms with Crippen LogP contribution in [0, 0.1) is 0 Å². The Bertz CT molecular complexity index is 141. The standard InChI is InChI=1S/C10H20N2/c11-9-5-4-6-10(9)12-7-2-1-3-8-12/h9-10H,1-8,11H2/t9-,10+/m0/s1. The molecule has 0 aromatic heterocycles. The third-order valence-corrected chi connectivity index (χ3v) is 3.39. The van der Waals surface area contributed by atoms with Crippen LogP contribution >= 0.6 is 0 Å². The Labute approximate surface area is 75.1 Å². The van der Waals surface area contributed by atoms with E-state index in [9.17, 15) is 0 Å². The lowest BCUT2D eigenvalue weighted by Gasteiger charge is -2.34. The minimum atomic E-state index is 0.475. The first-order valence-electron chi connectivity index (χ1n) is 5.37. The number of hydrogen-bond donors (Lipinski definition) is 1. The summed E-state index contributed by atoms with van der Waals surface area (Å²) in [6.07, 6.45) is 8.16. The van der Waals surface area contributed by atoms with E-state index in [0.29, 0.717) is 6.04 Å². The number of nitrogens with zero attached hydrogens (tertiary/aromatic N) is 1. The third kappa shape index (κ3) is 1.64. The Kier molecular flexibility index (Phi) is 2.66. The second kappa shape index (κ2) is 3.75. The van der Waals surface area contributed by atoms with Gasteiger partial charge in [-0.15, -0.1) is 0 Å². The van der Waals surface area contributed by atoms with Crippen molar-refractivity contribution in [2.24, 2.45) is 5.73 Å². The first-order valence-corrected chi connectivity index (χ1v) is 5.37. The molecule has 0 unspecified atom stereocenters. The Morgan fingerprint density at radius 2 is 1.67 bits per heavy atom. The maximum atomic E-state index is 6.07. The fourth-order valence-corrected chi connectivity index (χ4v) is 2.67. The lowest BCUT2D eigenvalue weighted by Crippen LogP contribution is -2.46. The molecular formula is C10H20N2. The molecule has 12 heavy (non-hydrogen) atoms. The lowest BCUT2D eigenvalue weighted by molar-refractivity contribution is 0.154. The third-order valence-electron chi connectivity index (χ3n) is 3.39.